The van der Waals surface area contributed by atoms with Crippen LogP contribution in [0, 0.1) is 10.1 Å². The Morgan fingerprint density at radius 3 is 2.86 bits per heavy atom. The number of non-ortho nitro benzene ring substituents is 1. The van der Waals surface area contributed by atoms with E-state index in [1.165, 1.54) is 36.5 Å². The molecule has 0 saturated heterocycles. The van der Waals surface area contributed by atoms with Gasteiger partial charge < -0.3 is 9.47 Å². The summed E-state index contributed by atoms with van der Waals surface area (Å²) in [6, 6.07) is 8.47. The van der Waals surface area contributed by atoms with Crippen molar-refractivity contribution in [1.29, 1.82) is 0 Å². The third-order valence-electron chi connectivity index (χ3n) is 2.51. The average molecular weight is 288 g/mol. The molecule has 0 saturated carbocycles. The molecule has 0 fully saturated rings. The second-order valence-electron chi connectivity index (χ2n) is 3.93. The van der Waals surface area contributed by atoms with Crippen molar-refractivity contribution >= 4 is 11.7 Å². The van der Waals surface area contributed by atoms with E-state index in [9.17, 15) is 14.9 Å². The van der Waals surface area contributed by atoms with Crippen LogP contribution in [-0.4, -0.2) is 22.5 Å². The molecule has 2 rings (SSSR count). The fourth-order valence-corrected chi connectivity index (χ4v) is 1.62. The summed E-state index contributed by atoms with van der Waals surface area (Å²) in [5.41, 5.74) is 0.00220. The normalized spacial score (nSPS) is 9.95. The molecule has 21 heavy (non-hydrogen) atoms. The lowest BCUT2D eigenvalue weighted by atomic mass is 10.2. The SMILES string of the molecule is CCOc1ncccc1C(=O)Oc1cccc([N+](=O)[O-])c1. The van der Waals surface area contributed by atoms with E-state index in [1.807, 2.05) is 0 Å². The van der Waals surface area contributed by atoms with E-state index in [-0.39, 0.29) is 22.9 Å². The monoisotopic (exact) mass is 288 g/mol. The van der Waals surface area contributed by atoms with E-state index < -0.39 is 10.9 Å². The maximum absolute atomic E-state index is 12.1. The third kappa shape index (κ3) is 3.53. The number of rotatable bonds is 5. The van der Waals surface area contributed by atoms with Crippen LogP contribution in [0.15, 0.2) is 42.6 Å². The highest BCUT2D eigenvalue weighted by Crippen LogP contribution is 2.22. The predicted molar refractivity (Wildman–Crippen MR) is 73.5 cm³/mol. The average Bonchev–Trinajstić information content (AvgIpc) is 2.48. The summed E-state index contributed by atoms with van der Waals surface area (Å²) in [6.07, 6.45) is 1.50. The number of ether oxygens (including phenoxy) is 2. The van der Waals surface area contributed by atoms with E-state index in [1.54, 1.807) is 13.0 Å². The smallest absolute Gasteiger partial charge is 0.349 e. The van der Waals surface area contributed by atoms with Crippen molar-refractivity contribution in [2.45, 2.75) is 6.92 Å². The first-order valence-electron chi connectivity index (χ1n) is 6.16. The van der Waals surface area contributed by atoms with Crippen LogP contribution < -0.4 is 9.47 Å². The summed E-state index contributed by atoms with van der Waals surface area (Å²) in [7, 11) is 0. The van der Waals surface area contributed by atoms with Gasteiger partial charge in [0.05, 0.1) is 17.6 Å². The van der Waals surface area contributed by atoms with Gasteiger partial charge in [0.25, 0.3) is 5.69 Å². The number of carbonyl (C=O) groups is 1. The Morgan fingerprint density at radius 1 is 1.33 bits per heavy atom. The zero-order chi connectivity index (χ0) is 15.2. The molecule has 0 unspecified atom stereocenters. The number of nitro groups is 1. The molecule has 0 spiro atoms. The molecule has 7 nitrogen and oxygen atoms in total. The molecule has 0 radical (unpaired) electrons. The molecule has 2 aromatic rings. The zero-order valence-corrected chi connectivity index (χ0v) is 11.2. The van der Waals surface area contributed by atoms with E-state index >= 15 is 0 Å². The summed E-state index contributed by atoms with van der Waals surface area (Å²) in [6.45, 7) is 2.12. The second kappa shape index (κ2) is 6.47. The van der Waals surface area contributed by atoms with E-state index in [0.29, 0.717) is 6.61 Å². The van der Waals surface area contributed by atoms with Crippen molar-refractivity contribution in [2.75, 3.05) is 6.61 Å². The van der Waals surface area contributed by atoms with Crippen molar-refractivity contribution in [3.8, 4) is 11.6 Å². The van der Waals surface area contributed by atoms with Gasteiger partial charge in [-0.15, -0.1) is 0 Å². The first-order chi connectivity index (χ1) is 10.1. The van der Waals surface area contributed by atoms with E-state index in [0.717, 1.165) is 0 Å². The van der Waals surface area contributed by atoms with Crippen LogP contribution in [0.5, 0.6) is 11.6 Å². The molecule has 0 bridgehead atoms. The molecule has 1 heterocycles. The lowest BCUT2D eigenvalue weighted by Crippen LogP contribution is -2.11. The van der Waals surface area contributed by atoms with Gasteiger partial charge in [-0.1, -0.05) is 6.07 Å². The molecular weight excluding hydrogens is 276 g/mol. The van der Waals surface area contributed by atoms with Gasteiger partial charge >= 0.3 is 5.97 Å². The minimum atomic E-state index is -0.688. The summed E-state index contributed by atoms with van der Waals surface area (Å²) >= 11 is 0. The lowest BCUT2D eigenvalue weighted by molar-refractivity contribution is -0.384. The molecule has 1 aromatic heterocycles. The van der Waals surface area contributed by atoms with Gasteiger partial charge in [-0.3, -0.25) is 10.1 Å². The number of benzene rings is 1. The summed E-state index contributed by atoms with van der Waals surface area (Å²) in [4.78, 5) is 26.1. The Kier molecular flexibility index (Phi) is 4.45. The van der Waals surface area contributed by atoms with Crippen LogP contribution in [0.2, 0.25) is 0 Å². The van der Waals surface area contributed by atoms with Crippen molar-refractivity contribution in [2.24, 2.45) is 0 Å². The lowest BCUT2D eigenvalue weighted by Gasteiger charge is -2.08. The highest BCUT2D eigenvalue weighted by atomic mass is 16.6. The number of nitro benzene ring substituents is 1. The van der Waals surface area contributed by atoms with E-state index in [2.05, 4.69) is 4.98 Å². The molecule has 0 aliphatic carbocycles. The summed E-state index contributed by atoms with van der Waals surface area (Å²) < 4.78 is 10.4. The third-order valence-corrected chi connectivity index (χ3v) is 2.51. The van der Waals surface area contributed by atoms with Gasteiger partial charge in [0, 0.05) is 12.3 Å². The van der Waals surface area contributed by atoms with Crippen molar-refractivity contribution in [1.82, 2.24) is 4.98 Å². The van der Waals surface area contributed by atoms with Gasteiger partial charge in [0.1, 0.15) is 11.3 Å². The zero-order valence-electron chi connectivity index (χ0n) is 11.2. The standard InChI is InChI=1S/C14H12N2O5/c1-2-20-13-12(7-4-8-15-13)14(17)21-11-6-3-5-10(9-11)16(18)19/h3-9H,2H2,1H3. The van der Waals surface area contributed by atoms with Crippen LogP contribution in [0.1, 0.15) is 17.3 Å². The van der Waals surface area contributed by atoms with E-state index in [4.69, 9.17) is 9.47 Å². The Labute approximate surface area is 120 Å². The van der Waals surface area contributed by atoms with Gasteiger partial charge in [0.15, 0.2) is 0 Å². The molecular formula is C14H12N2O5. The van der Waals surface area contributed by atoms with Crippen LogP contribution in [-0.2, 0) is 0 Å². The maximum atomic E-state index is 12.1. The van der Waals surface area contributed by atoms with Crippen LogP contribution in [0.3, 0.4) is 0 Å². The molecule has 108 valence electrons. The molecule has 1 aromatic carbocycles. The van der Waals surface area contributed by atoms with Crippen molar-refractivity contribution in [3.63, 3.8) is 0 Å². The maximum Gasteiger partial charge on any atom is 0.349 e. The largest absolute Gasteiger partial charge is 0.477 e. The molecule has 0 amide bonds. The number of aromatic nitrogens is 1. The van der Waals surface area contributed by atoms with Gasteiger partial charge in [0.2, 0.25) is 5.88 Å². The van der Waals surface area contributed by atoms with Crippen LogP contribution in [0.25, 0.3) is 0 Å². The molecule has 0 atom stereocenters. The highest BCUT2D eigenvalue weighted by Gasteiger charge is 2.17. The topological polar surface area (TPSA) is 91.6 Å². The van der Waals surface area contributed by atoms with Crippen molar-refractivity contribution in [3.05, 3.63) is 58.3 Å². The molecule has 0 aliphatic rings. The number of nitrogens with zero attached hydrogens (tertiary/aromatic N) is 2. The second-order valence-corrected chi connectivity index (χ2v) is 3.93. The Bertz CT molecular complexity index is 672. The quantitative estimate of drug-likeness (QED) is 0.363. The Hall–Kier alpha value is -2.96. The van der Waals surface area contributed by atoms with Crippen molar-refractivity contribution < 1.29 is 19.2 Å². The number of hydrogen-bond donors (Lipinski definition) is 0. The fraction of sp³-hybridized carbons (Fsp3) is 0.143. The number of esters is 1. The highest BCUT2D eigenvalue weighted by molar-refractivity contribution is 5.93. The van der Waals surface area contributed by atoms with Gasteiger partial charge in [-0.05, 0) is 25.1 Å². The Balaban J connectivity index is 2.22. The predicted octanol–water partition coefficient (Wildman–Crippen LogP) is 2.61. The first kappa shape index (κ1) is 14.4. The number of carbonyl (C=O) groups excluding carboxylic acids is 1. The molecule has 0 N–H and O–H groups in total. The molecule has 7 heteroatoms. The van der Waals surface area contributed by atoms with Crippen LogP contribution >= 0.6 is 0 Å². The van der Waals surface area contributed by atoms with Gasteiger partial charge in [-0.25, -0.2) is 9.78 Å². The van der Waals surface area contributed by atoms with Crippen LogP contribution in [0.4, 0.5) is 5.69 Å². The summed E-state index contributed by atoms with van der Waals surface area (Å²) in [5.74, 6) is -0.442. The fourth-order valence-electron chi connectivity index (χ4n) is 1.62. The minimum Gasteiger partial charge on any atom is -0.477 e. The Morgan fingerprint density at radius 2 is 2.14 bits per heavy atom. The minimum absolute atomic E-state index is 0.0838. The number of hydrogen-bond acceptors (Lipinski definition) is 6. The molecule has 0 aliphatic heterocycles. The first-order valence-corrected chi connectivity index (χ1v) is 6.16. The number of pyridine rings is 1. The summed E-state index contributed by atoms with van der Waals surface area (Å²) in [5, 5.41) is 10.7. The van der Waals surface area contributed by atoms with Gasteiger partial charge in [-0.2, -0.15) is 0 Å².